The third kappa shape index (κ3) is 21.3. The molecule has 164 valence electrons. The van der Waals surface area contributed by atoms with Gasteiger partial charge < -0.3 is 9.47 Å². The third-order valence-electron chi connectivity index (χ3n) is 4.67. The molecule has 0 spiro atoms. The van der Waals surface area contributed by atoms with Crippen molar-refractivity contribution in [3.8, 4) is 0 Å². The highest BCUT2D eigenvalue weighted by atomic mass is 35.5. The molecule has 0 fully saturated rings. The Bertz CT molecular complexity index is 396. The average Bonchev–Trinajstić information content (AvgIpc) is 2.70. The van der Waals surface area contributed by atoms with Crippen LogP contribution in [0.5, 0.6) is 0 Å². The highest BCUT2D eigenvalue weighted by Crippen LogP contribution is 2.13. The molecule has 0 radical (unpaired) electrons. The summed E-state index contributed by atoms with van der Waals surface area (Å²) in [6, 6.07) is 0. The van der Waals surface area contributed by atoms with E-state index in [0.29, 0.717) is 6.61 Å². The van der Waals surface area contributed by atoms with Crippen molar-refractivity contribution in [2.24, 2.45) is 0 Å². The predicted octanol–water partition coefficient (Wildman–Crippen LogP) is 6.74. The molecule has 0 N–H and O–H groups in total. The molecule has 0 saturated heterocycles. The van der Waals surface area contributed by atoms with E-state index in [1.54, 1.807) is 0 Å². The van der Waals surface area contributed by atoms with Crippen LogP contribution in [0, 0.1) is 0 Å². The molecule has 0 heterocycles. The fourth-order valence-corrected chi connectivity index (χ4v) is 3.09. The molecule has 0 unspecified atom stereocenters. The topological polar surface area (TPSA) is 52.6 Å². The van der Waals surface area contributed by atoms with Gasteiger partial charge in [0.05, 0.1) is 12.5 Å². The van der Waals surface area contributed by atoms with Crippen LogP contribution in [-0.4, -0.2) is 31.0 Å². The maximum Gasteiger partial charge on any atom is 0.331 e. The van der Waals surface area contributed by atoms with Crippen molar-refractivity contribution in [1.29, 1.82) is 0 Å². The minimum absolute atomic E-state index is 0.138. The summed E-state index contributed by atoms with van der Waals surface area (Å²) in [5, 5.41) is 0. The lowest BCUT2D eigenvalue weighted by Crippen LogP contribution is -2.06. The summed E-state index contributed by atoms with van der Waals surface area (Å²) >= 11 is 5.40. The molecule has 0 aromatic rings. The van der Waals surface area contributed by atoms with Crippen LogP contribution in [-0.2, 0) is 19.1 Å². The zero-order valence-corrected chi connectivity index (χ0v) is 18.6. The lowest BCUT2D eigenvalue weighted by molar-refractivity contribution is -0.140. The second-order valence-electron chi connectivity index (χ2n) is 7.31. The van der Waals surface area contributed by atoms with Gasteiger partial charge in [0.1, 0.15) is 6.61 Å². The van der Waals surface area contributed by atoms with Gasteiger partial charge in [0.15, 0.2) is 0 Å². The summed E-state index contributed by atoms with van der Waals surface area (Å²) in [6.45, 7) is 2.80. The Morgan fingerprint density at radius 3 is 1.36 bits per heavy atom. The van der Waals surface area contributed by atoms with Gasteiger partial charge in [-0.05, 0) is 6.42 Å². The molecule has 0 saturated carbocycles. The van der Waals surface area contributed by atoms with Crippen molar-refractivity contribution in [3.05, 3.63) is 12.2 Å². The molecule has 4 nitrogen and oxygen atoms in total. The Morgan fingerprint density at radius 1 is 0.607 bits per heavy atom. The molecule has 0 rings (SSSR count). The number of ether oxygens (including phenoxy) is 2. The van der Waals surface area contributed by atoms with Crippen LogP contribution in [0.15, 0.2) is 12.2 Å². The second kappa shape index (κ2) is 22.3. The number of carbonyl (C=O) groups is 2. The predicted molar refractivity (Wildman–Crippen MR) is 117 cm³/mol. The van der Waals surface area contributed by atoms with Gasteiger partial charge in [-0.2, -0.15) is 0 Å². The van der Waals surface area contributed by atoms with E-state index < -0.39 is 11.9 Å². The number of alkyl halides is 1. The molecule has 5 heteroatoms. The van der Waals surface area contributed by atoms with Gasteiger partial charge in [-0.1, -0.05) is 96.8 Å². The Kier molecular flexibility index (Phi) is 21.4. The molecule has 0 bridgehead atoms. The van der Waals surface area contributed by atoms with E-state index in [9.17, 15) is 9.59 Å². The van der Waals surface area contributed by atoms with Crippen molar-refractivity contribution < 1.29 is 19.1 Å². The van der Waals surface area contributed by atoms with Crippen LogP contribution in [0.2, 0.25) is 0 Å². The number of carbonyl (C=O) groups excluding carboxylic acids is 2. The monoisotopic (exact) mass is 416 g/mol. The molecule has 0 aliphatic rings. The van der Waals surface area contributed by atoms with E-state index in [4.69, 9.17) is 21.1 Å². The molecular formula is C23H41ClO4. The number of halogens is 1. The van der Waals surface area contributed by atoms with Gasteiger partial charge >= 0.3 is 11.9 Å². The Hall–Kier alpha value is -1.03. The Balaban J connectivity index is 3.26. The van der Waals surface area contributed by atoms with Crippen LogP contribution >= 0.6 is 11.6 Å². The summed E-state index contributed by atoms with van der Waals surface area (Å²) in [6.07, 6.45) is 21.7. The summed E-state index contributed by atoms with van der Waals surface area (Å²) in [5.74, 6) is -0.846. The van der Waals surface area contributed by atoms with E-state index in [1.807, 2.05) is 0 Å². The highest BCUT2D eigenvalue weighted by molar-refractivity contribution is 6.18. The van der Waals surface area contributed by atoms with Gasteiger partial charge in [0.2, 0.25) is 0 Å². The number of esters is 2. The molecule has 28 heavy (non-hydrogen) atoms. The normalized spacial score (nSPS) is 11.1. The van der Waals surface area contributed by atoms with Crippen LogP contribution in [0.3, 0.4) is 0 Å². The van der Waals surface area contributed by atoms with Crippen molar-refractivity contribution in [3.63, 3.8) is 0 Å². The SMILES string of the molecule is CCCCCCCCCCCCCCCCCOC(=O)/C=C/C(=O)OCCCl. The van der Waals surface area contributed by atoms with Crippen LogP contribution in [0.4, 0.5) is 0 Å². The Labute approximate surface area is 177 Å². The quantitative estimate of drug-likeness (QED) is 0.0953. The minimum atomic E-state index is -0.579. The molecule has 0 aromatic carbocycles. The van der Waals surface area contributed by atoms with E-state index in [0.717, 1.165) is 25.0 Å². The summed E-state index contributed by atoms with van der Waals surface area (Å²) in [5.41, 5.74) is 0. The zero-order valence-electron chi connectivity index (χ0n) is 17.9. The number of hydrogen-bond acceptors (Lipinski definition) is 4. The molecular weight excluding hydrogens is 376 g/mol. The fraction of sp³-hybridized carbons (Fsp3) is 0.826. The van der Waals surface area contributed by atoms with Crippen molar-refractivity contribution in [2.75, 3.05) is 19.1 Å². The highest BCUT2D eigenvalue weighted by Gasteiger charge is 2.01. The van der Waals surface area contributed by atoms with E-state index >= 15 is 0 Å². The minimum Gasteiger partial charge on any atom is -0.463 e. The van der Waals surface area contributed by atoms with Crippen molar-refractivity contribution in [2.45, 2.75) is 103 Å². The largest absolute Gasteiger partial charge is 0.463 e. The summed E-state index contributed by atoms with van der Waals surface area (Å²) in [7, 11) is 0. The first kappa shape index (κ1) is 27.0. The van der Waals surface area contributed by atoms with Crippen LogP contribution in [0.25, 0.3) is 0 Å². The fourth-order valence-electron chi connectivity index (χ4n) is 3.02. The first-order valence-corrected chi connectivity index (χ1v) is 11.8. The van der Waals surface area contributed by atoms with E-state index in [1.165, 1.54) is 83.5 Å². The maximum absolute atomic E-state index is 11.4. The maximum atomic E-state index is 11.4. The van der Waals surface area contributed by atoms with E-state index in [-0.39, 0.29) is 12.5 Å². The van der Waals surface area contributed by atoms with Crippen molar-refractivity contribution in [1.82, 2.24) is 0 Å². The lowest BCUT2D eigenvalue weighted by atomic mass is 10.0. The van der Waals surface area contributed by atoms with Crippen LogP contribution < -0.4 is 0 Å². The zero-order chi connectivity index (χ0) is 20.7. The smallest absolute Gasteiger partial charge is 0.331 e. The number of unbranched alkanes of at least 4 members (excludes halogenated alkanes) is 14. The van der Waals surface area contributed by atoms with Gasteiger partial charge in [-0.15, -0.1) is 11.6 Å². The number of hydrogen-bond donors (Lipinski definition) is 0. The molecule has 0 aliphatic heterocycles. The molecule has 0 aromatic heterocycles. The number of rotatable bonds is 20. The first-order chi connectivity index (χ1) is 13.7. The van der Waals surface area contributed by atoms with Gasteiger partial charge in [-0.3, -0.25) is 0 Å². The molecule has 0 aliphatic carbocycles. The average molecular weight is 417 g/mol. The van der Waals surface area contributed by atoms with Gasteiger partial charge in [0, 0.05) is 12.2 Å². The van der Waals surface area contributed by atoms with Crippen molar-refractivity contribution >= 4 is 23.5 Å². The van der Waals surface area contributed by atoms with E-state index in [2.05, 4.69) is 6.92 Å². The molecule has 0 amide bonds. The Morgan fingerprint density at radius 2 is 0.964 bits per heavy atom. The van der Waals surface area contributed by atoms with Gasteiger partial charge in [-0.25, -0.2) is 9.59 Å². The summed E-state index contributed by atoms with van der Waals surface area (Å²) < 4.78 is 9.76. The van der Waals surface area contributed by atoms with Gasteiger partial charge in [0.25, 0.3) is 0 Å². The molecule has 0 atom stereocenters. The summed E-state index contributed by atoms with van der Waals surface area (Å²) in [4.78, 5) is 22.6. The first-order valence-electron chi connectivity index (χ1n) is 11.3. The third-order valence-corrected chi connectivity index (χ3v) is 4.82. The standard InChI is InChI=1S/C23H41ClO4/c1-2-3-4-5-6-7-8-9-10-11-12-13-14-15-16-20-27-22(25)17-18-23(26)28-21-19-24/h17-18H,2-16,19-21H2,1H3/b18-17+. The lowest BCUT2D eigenvalue weighted by Gasteiger charge is -2.04. The second-order valence-corrected chi connectivity index (χ2v) is 7.69. The van der Waals surface area contributed by atoms with Crippen LogP contribution in [0.1, 0.15) is 103 Å².